The van der Waals surface area contributed by atoms with E-state index in [1.165, 1.54) is 12.1 Å². The van der Waals surface area contributed by atoms with Gasteiger partial charge in [-0.1, -0.05) is 25.5 Å². The number of unbranched alkanes of at least 4 members (excludes halogenated alkanes) is 1. The van der Waals surface area contributed by atoms with Crippen molar-refractivity contribution in [2.24, 2.45) is 0 Å². The predicted octanol–water partition coefficient (Wildman–Crippen LogP) is 6.73. The molecule has 0 saturated carbocycles. The third-order valence-electron chi connectivity index (χ3n) is 4.55. The molecule has 1 heterocycles. The first-order valence-electron chi connectivity index (χ1n) is 10.1. The molecule has 0 radical (unpaired) electrons. The Morgan fingerprint density at radius 2 is 1.65 bits per heavy atom. The van der Waals surface area contributed by atoms with Gasteiger partial charge in [-0.15, -0.1) is 0 Å². The number of nitrogens with one attached hydrogen (secondary N) is 2. The summed E-state index contributed by atoms with van der Waals surface area (Å²) in [5.74, 6) is 0.472. The maximum atomic E-state index is 13.2. The summed E-state index contributed by atoms with van der Waals surface area (Å²) in [7, 11) is 0. The molecule has 0 fully saturated rings. The van der Waals surface area contributed by atoms with Gasteiger partial charge in [0.05, 0.1) is 18.0 Å². The minimum atomic E-state index is -5.06. The molecular formula is C22H20F6N4O2. The summed E-state index contributed by atoms with van der Waals surface area (Å²) in [4.78, 5) is 12.3. The average Bonchev–Trinajstić information content (AvgIpc) is 3.22. The van der Waals surface area contributed by atoms with Gasteiger partial charge in [0.25, 0.3) is 0 Å². The number of alkyl halides is 6. The molecule has 6 nitrogen and oxygen atoms in total. The van der Waals surface area contributed by atoms with E-state index in [9.17, 15) is 31.1 Å². The van der Waals surface area contributed by atoms with E-state index in [1.807, 2.05) is 6.92 Å². The number of carbonyl (C=O) groups excluding carboxylic acids is 1. The van der Waals surface area contributed by atoms with Crippen LogP contribution in [0, 0.1) is 0 Å². The molecule has 0 aliphatic rings. The van der Waals surface area contributed by atoms with Gasteiger partial charge in [0.2, 0.25) is 0 Å². The average molecular weight is 486 g/mol. The maximum absolute atomic E-state index is 13.2. The minimum absolute atomic E-state index is 0.0559. The van der Waals surface area contributed by atoms with Crippen molar-refractivity contribution < 1.29 is 35.9 Å². The Balaban J connectivity index is 1.74. The van der Waals surface area contributed by atoms with Crippen LogP contribution in [0.25, 0.3) is 5.69 Å². The third kappa shape index (κ3) is 6.21. The molecule has 0 atom stereocenters. The van der Waals surface area contributed by atoms with Gasteiger partial charge in [0.1, 0.15) is 11.4 Å². The number of amides is 2. The Morgan fingerprint density at radius 3 is 2.26 bits per heavy atom. The fourth-order valence-electron chi connectivity index (χ4n) is 2.91. The molecular weight excluding hydrogens is 466 g/mol. The van der Waals surface area contributed by atoms with E-state index >= 15 is 0 Å². The second kappa shape index (κ2) is 10.1. The van der Waals surface area contributed by atoms with Crippen LogP contribution in [-0.4, -0.2) is 22.4 Å². The molecule has 2 N–H and O–H groups in total. The van der Waals surface area contributed by atoms with Gasteiger partial charge in [0, 0.05) is 11.8 Å². The van der Waals surface area contributed by atoms with Crippen molar-refractivity contribution in [3.05, 3.63) is 66.0 Å². The van der Waals surface area contributed by atoms with E-state index in [2.05, 4.69) is 15.7 Å². The Morgan fingerprint density at radius 1 is 0.971 bits per heavy atom. The zero-order valence-corrected chi connectivity index (χ0v) is 17.8. The molecule has 12 heteroatoms. The highest BCUT2D eigenvalue weighted by atomic mass is 19.4. The molecule has 182 valence electrons. The Labute approximate surface area is 190 Å². The van der Waals surface area contributed by atoms with Crippen molar-refractivity contribution in [3.8, 4) is 11.4 Å². The van der Waals surface area contributed by atoms with Crippen LogP contribution in [0.1, 0.15) is 31.2 Å². The molecule has 2 amide bonds. The van der Waals surface area contributed by atoms with Crippen molar-refractivity contribution in [1.29, 1.82) is 0 Å². The lowest BCUT2D eigenvalue weighted by Crippen LogP contribution is -2.20. The number of aromatic nitrogens is 2. The number of hydrogen-bond donors (Lipinski definition) is 2. The summed E-state index contributed by atoms with van der Waals surface area (Å²) in [6.07, 6.45) is -8.32. The van der Waals surface area contributed by atoms with E-state index in [0.29, 0.717) is 18.0 Å². The number of urea groups is 1. The lowest BCUT2D eigenvalue weighted by Gasteiger charge is -2.13. The summed E-state index contributed by atoms with van der Waals surface area (Å²) in [5.41, 5.74) is -2.89. The molecule has 0 aliphatic heterocycles. The fourth-order valence-corrected chi connectivity index (χ4v) is 2.91. The first-order chi connectivity index (χ1) is 16.0. The van der Waals surface area contributed by atoms with Gasteiger partial charge in [-0.25, -0.2) is 9.48 Å². The Hall–Kier alpha value is -3.70. The number of anilines is 2. The number of ether oxygens (including phenoxy) is 1. The monoisotopic (exact) mass is 486 g/mol. The number of carbonyl (C=O) groups is 1. The summed E-state index contributed by atoms with van der Waals surface area (Å²) in [6, 6.07) is 10.8. The standard InChI is InChI=1S/C22H20F6N4O2/c1-2-3-12-34-17-7-5-4-6-16(17)30-20(33)29-14-8-10-15(11-9-14)32-19(22(26,27)28)13-18(31-32)21(23,24)25/h4-11,13H,2-3,12H2,1H3,(H2,29,30,33). The molecule has 1 aromatic heterocycles. The predicted molar refractivity (Wildman–Crippen MR) is 113 cm³/mol. The van der Waals surface area contributed by atoms with Crippen molar-refractivity contribution in [3.63, 3.8) is 0 Å². The molecule has 3 aromatic rings. The van der Waals surface area contributed by atoms with Crippen LogP contribution in [0.2, 0.25) is 0 Å². The highest BCUT2D eigenvalue weighted by Crippen LogP contribution is 2.36. The molecule has 34 heavy (non-hydrogen) atoms. The normalized spacial score (nSPS) is 11.9. The second-order valence-corrected chi connectivity index (χ2v) is 7.15. The third-order valence-corrected chi connectivity index (χ3v) is 4.55. The van der Waals surface area contributed by atoms with E-state index in [4.69, 9.17) is 4.74 Å². The number of para-hydroxylation sites is 2. The van der Waals surface area contributed by atoms with Gasteiger partial charge >= 0.3 is 18.4 Å². The topological polar surface area (TPSA) is 68.2 Å². The van der Waals surface area contributed by atoms with Crippen LogP contribution in [0.5, 0.6) is 5.75 Å². The minimum Gasteiger partial charge on any atom is -0.491 e. The number of nitrogens with zero attached hydrogens (tertiary/aromatic N) is 2. The molecule has 0 bridgehead atoms. The van der Waals surface area contributed by atoms with E-state index in [0.717, 1.165) is 25.0 Å². The van der Waals surface area contributed by atoms with Crippen molar-refractivity contribution in [1.82, 2.24) is 9.78 Å². The van der Waals surface area contributed by atoms with E-state index < -0.39 is 29.8 Å². The van der Waals surface area contributed by atoms with Gasteiger partial charge < -0.3 is 15.4 Å². The number of halogens is 6. The summed E-state index contributed by atoms with van der Waals surface area (Å²) < 4.78 is 84.1. The largest absolute Gasteiger partial charge is 0.491 e. The van der Waals surface area contributed by atoms with Gasteiger partial charge in [-0.05, 0) is 42.8 Å². The SMILES string of the molecule is CCCCOc1ccccc1NC(=O)Nc1ccc(-n2nc(C(F)(F)F)cc2C(F)(F)F)cc1. The van der Waals surface area contributed by atoms with E-state index in [-0.39, 0.29) is 22.1 Å². The highest BCUT2D eigenvalue weighted by Gasteiger charge is 2.42. The van der Waals surface area contributed by atoms with Crippen LogP contribution in [0.4, 0.5) is 42.5 Å². The van der Waals surface area contributed by atoms with Gasteiger partial charge in [0.15, 0.2) is 5.69 Å². The quantitative estimate of drug-likeness (QED) is 0.287. The zero-order valence-electron chi connectivity index (χ0n) is 17.8. The van der Waals surface area contributed by atoms with Crippen LogP contribution in [-0.2, 0) is 12.4 Å². The fraction of sp³-hybridized carbons (Fsp3) is 0.273. The summed E-state index contributed by atoms with van der Waals surface area (Å²) >= 11 is 0. The van der Waals surface area contributed by atoms with Crippen LogP contribution in [0.15, 0.2) is 54.6 Å². The molecule has 0 spiro atoms. The van der Waals surface area contributed by atoms with Crippen LogP contribution >= 0.6 is 0 Å². The number of hydrogen-bond acceptors (Lipinski definition) is 3. The maximum Gasteiger partial charge on any atom is 0.435 e. The van der Waals surface area contributed by atoms with Gasteiger partial charge in [-0.2, -0.15) is 31.4 Å². The first kappa shape index (κ1) is 24.9. The smallest absolute Gasteiger partial charge is 0.435 e. The zero-order chi connectivity index (χ0) is 24.9. The van der Waals surface area contributed by atoms with Gasteiger partial charge in [-0.3, -0.25) is 0 Å². The highest BCUT2D eigenvalue weighted by molar-refractivity contribution is 6.00. The van der Waals surface area contributed by atoms with Crippen molar-refractivity contribution >= 4 is 17.4 Å². The number of benzene rings is 2. The van der Waals surface area contributed by atoms with Crippen molar-refractivity contribution in [2.45, 2.75) is 32.1 Å². The molecule has 0 unspecified atom stereocenters. The lowest BCUT2D eigenvalue weighted by molar-refractivity contribution is -0.143. The second-order valence-electron chi connectivity index (χ2n) is 7.15. The number of rotatable bonds is 7. The first-order valence-corrected chi connectivity index (χ1v) is 10.1. The molecule has 2 aromatic carbocycles. The lowest BCUT2D eigenvalue weighted by atomic mass is 10.2. The Bertz CT molecular complexity index is 1120. The Kier molecular flexibility index (Phi) is 7.38. The van der Waals surface area contributed by atoms with Crippen LogP contribution < -0.4 is 15.4 Å². The molecule has 3 rings (SSSR count). The summed E-state index contributed by atoms with van der Waals surface area (Å²) in [6.45, 7) is 2.49. The van der Waals surface area contributed by atoms with Crippen molar-refractivity contribution in [2.75, 3.05) is 17.2 Å². The summed E-state index contributed by atoms with van der Waals surface area (Å²) in [5, 5.41) is 8.18. The molecule has 0 aliphatic carbocycles. The van der Waals surface area contributed by atoms with Crippen LogP contribution in [0.3, 0.4) is 0 Å². The van der Waals surface area contributed by atoms with E-state index in [1.54, 1.807) is 24.3 Å². The molecule has 0 saturated heterocycles.